The first kappa shape index (κ1) is 5.03. The molecule has 1 rings (SSSR count). The largest absolute Gasteiger partial charge is 0.302 e. The first-order valence-electron chi connectivity index (χ1n) is 2.19. The molecule has 0 fully saturated rings. The lowest BCUT2D eigenvalue weighted by Gasteiger charge is -1.87. The molecule has 1 aromatic rings. The summed E-state index contributed by atoms with van der Waals surface area (Å²) in [5.41, 5.74) is -0.0833. The van der Waals surface area contributed by atoms with Gasteiger partial charge >= 0.3 is 0 Å². The van der Waals surface area contributed by atoms with E-state index in [1.807, 2.05) is 0 Å². The first-order valence-corrected chi connectivity index (χ1v) is 2.19. The summed E-state index contributed by atoms with van der Waals surface area (Å²) in [6.07, 6.45) is 3.84. The molecule has 0 saturated carbocycles. The van der Waals surface area contributed by atoms with Crippen LogP contribution in [-0.2, 0) is 7.05 Å². The molecule has 1 heterocycles. The van der Waals surface area contributed by atoms with Crippen LogP contribution in [0.15, 0.2) is 17.2 Å². The second-order valence-electron chi connectivity index (χ2n) is 1.47. The van der Waals surface area contributed by atoms with Crippen LogP contribution in [0.1, 0.15) is 0 Å². The highest BCUT2D eigenvalue weighted by molar-refractivity contribution is 4.78. The fourth-order valence-corrected chi connectivity index (χ4v) is 0.371. The standard InChI is InChI=1S/C5H5N2O/c1-7-4-6-3-2-5(7)8/h2,4H,1H3. The van der Waals surface area contributed by atoms with E-state index in [0.717, 1.165) is 0 Å². The second kappa shape index (κ2) is 1.78. The lowest BCUT2D eigenvalue weighted by molar-refractivity contribution is 0.822. The molecule has 0 aliphatic carbocycles. The molecule has 0 saturated heterocycles. The van der Waals surface area contributed by atoms with E-state index in [0.29, 0.717) is 0 Å². The highest BCUT2D eigenvalue weighted by Crippen LogP contribution is 1.64. The fourth-order valence-electron chi connectivity index (χ4n) is 0.371. The number of hydrogen-bond acceptors (Lipinski definition) is 2. The zero-order valence-corrected chi connectivity index (χ0v) is 4.46. The molecular weight excluding hydrogens is 104 g/mol. The Hall–Kier alpha value is -1.12. The van der Waals surface area contributed by atoms with E-state index in [2.05, 4.69) is 11.2 Å². The van der Waals surface area contributed by atoms with E-state index in [9.17, 15) is 4.79 Å². The second-order valence-corrected chi connectivity index (χ2v) is 1.47. The Morgan fingerprint density at radius 1 is 1.88 bits per heavy atom. The van der Waals surface area contributed by atoms with Crippen LogP contribution in [-0.4, -0.2) is 9.55 Å². The van der Waals surface area contributed by atoms with Crippen LogP contribution in [0.3, 0.4) is 0 Å². The number of hydrogen-bond donors (Lipinski definition) is 0. The van der Waals surface area contributed by atoms with E-state index in [1.165, 1.54) is 17.0 Å². The molecule has 0 amide bonds. The SMILES string of the molecule is Cn1cn[c]cc1=O. The van der Waals surface area contributed by atoms with Crippen molar-refractivity contribution < 1.29 is 0 Å². The van der Waals surface area contributed by atoms with Gasteiger partial charge in [0.05, 0.1) is 12.5 Å². The van der Waals surface area contributed by atoms with Gasteiger partial charge in [-0.25, -0.2) is 4.98 Å². The molecule has 1 radical (unpaired) electrons. The average Bonchev–Trinajstić information content (AvgIpc) is 1.77. The molecule has 3 heteroatoms. The van der Waals surface area contributed by atoms with Crippen LogP contribution < -0.4 is 5.56 Å². The average molecular weight is 109 g/mol. The molecule has 0 unspecified atom stereocenters. The summed E-state index contributed by atoms with van der Waals surface area (Å²) >= 11 is 0. The molecule has 0 bridgehead atoms. The van der Waals surface area contributed by atoms with Crippen molar-refractivity contribution in [3.05, 3.63) is 28.9 Å². The van der Waals surface area contributed by atoms with Crippen molar-refractivity contribution in [1.82, 2.24) is 9.55 Å². The van der Waals surface area contributed by atoms with Crippen molar-refractivity contribution in [2.75, 3.05) is 0 Å². The first-order chi connectivity index (χ1) is 3.80. The van der Waals surface area contributed by atoms with Gasteiger partial charge in [-0.2, -0.15) is 0 Å². The van der Waals surface area contributed by atoms with Crippen LogP contribution in [0.5, 0.6) is 0 Å². The topological polar surface area (TPSA) is 34.9 Å². The number of nitrogens with zero attached hydrogens (tertiary/aromatic N) is 2. The Balaban J connectivity index is 3.35. The molecule has 0 spiro atoms. The Bertz CT molecular complexity index is 228. The fraction of sp³-hybridized carbons (Fsp3) is 0.200. The van der Waals surface area contributed by atoms with Gasteiger partial charge in [0, 0.05) is 13.1 Å². The Kier molecular flexibility index (Phi) is 1.12. The van der Waals surface area contributed by atoms with Crippen LogP contribution >= 0.6 is 0 Å². The predicted molar refractivity (Wildman–Crippen MR) is 28.3 cm³/mol. The van der Waals surface area contributed by atoms with Gasteiger partial charge in [-0.1, -0.05) is 0 Å². The monoisotopic (exact) mass is 109 g/mol. The minimum atomic E-state index is -0.0833. The highest BCUT2D eigenvalue weighted by Gasteiger charge is 1.81. The summed E-state index contributed by atoms with van der Waals surface area (Å²) in [7, 11) is 1.64. The molecule has 8 heavy (non-hydrogen) atoms. The molecule has 0 N–H and O–H groups in total. The molecule has 3 nitrogen and oxygen atoms in total. The molecule has 0 atom stereocenters. The van der Waals surface area contributed by atoms with E-state index in [4.69, 9.17) is 0 Å². The van der Waals surface area contributed by atoms with Gasteiger partial charge in [0.1, 0.15) is 0 Å². The quantitative estimate of drug-likeness (QED) is 0.453. The van der Waals surface area contributed by atoms with Crippen molar-refractivity contribution in [1.29, 1.82) is 0 Å². The number of aryl methyl sites for hydroxylation is 1. The number of aromatic nitrogens is 2. The predicted octanol–water partition coefficient (Wildman–Crippen LogP) is -0.420. The lowest BCUT2D eigenvalue weighted by Crippen LogP contribution is -2.14. The van der Waals surface area contributed by atoms with E-state index in [-0.39, 0.29) is 5.56 Å². The summed E-state index contributed by atoms with van der Waals surface area (Å²) < 4.78 is 1.39. The summed E-state index contributed by atoms with van der Waals surface area (Å²) in [5.74, 6) is 0. The minimum absolute atomic E-state index is 0.0833. The zero-order chi connectivity index (χ0) is 5.98. The summed E-state index contributed by atoms with van der Waals surface area (Å²) in [5, 5.41) is 0. The van der Waals surface area contributed by atoms with Crippen molar-refractivity contribution in [2.45, 2.75) is 0 Å². The Morgan fingerprint density at radius 3 is 3.00 bits per heavy atom. The number of rotatable bonds is 0. The van der Waals surface area contributed by atoms with Crippen molar-refractivity contribution in [3.63, 3.8) is 0 Å². The van der Waals surface area contributed by atoms with E-state index in [1.54, 1.807) is 7.05 Å². The van der Waals surface area contributed by atoms with Gasteiger partial charge in [-0.3, -0.25) is 4.79 Å². The van der Waals surface area contributed by atoms with E-state index < -0.39 is 0 Å². The van der Waals surface area contributed by atoms with Crippen molar-refractivity contribution >= 4 is 0 Å². The molecular formula is C5H5N2O. The van der Waals surface area contributed by atoms with Gasteiger partial charge < -0.3 is 4.57 Å². The van der Waals surface area contributed by atoms with Crippen molar-refractivity contribution in [3.8, 4) is 0 Å². The van der Waals surface area contributed by atoms with Crippen LogP contribution in [0.4, 0.5) is 0 Å². The van der Waals surface area contributed by atoms with Crippen LogP contribution in [0.2, 0.25) is 0 Å². The van der Waals surface area contributed by atoms with Crippen LogP contribution in [0.25, 0.3) is 0 Å². The van der Waals surface area contributed by atoms with Gasteiger partial charge in [-0.05, 0) is 0 Å². The summed E-state index contributed by atoms with van der Waals surface area (Å²) in [4.78, 5) is 14.1. The van der Waals surface area contributed by atoms with Gasteiger partial charge in [0.15, 0.2) is 0 Å². The smallest absolute Gasteiger partial charge is 0.253 e. The molecule has 1 aromatic heterocycles. The lowest BCUT2D eigenvalue weighted by atomic mass is 10.6. The van der Waals surface area contributed by atoms with E-state index >= 15 is 0 Å². The normalized spacial score (nSPS) is 9.12. The van der Waals surface area contributed by atoms with Crippen LogP contribution in [0, 0.1) is 6.20 Å². The van der Waals surface area contributed by atoms with Gasteiger partial charge in [0.25, 0.3) is 5.56 Å². The maximum atomic E-state index is 10.5. The van der Waals surface area contributed by atoms with Gasteiger partial charge in [-0.15, -0.1) is 0 Å². The summed E-state index contributed by atoms with van der Waals surface area (Å²) in [6.45, 7) is 0. The third kappa shape index (κ3) is 0.753. The zero-order valence-electron chi connectivity index (χ0n) is 4.46. The van der Waals surface area contributed by atoms with Gasteiger partial charge in [0.2, 0.25) is 0 Å². The molecule has 0 aliphatic rings. The highest BCUT2D eigenvalue weighted by atomic mass is 16.1. The molecule has 0 aromatic carbocycles. The molecule has 41 valence electrons. The van der Waals surface area contributed by atoms with Crippen molar-refractivity contribution in [2.24, 2.45) is 7.05 Å². The maximum Gasteiger partial charge on any atom is 0.253 e. The third-order valence-corrected chi connectivity index (χ3v) is 0.841. The summed E-state index contributed by atoms with van der Waals surface area (Å²) in [6, 6.07) is 1.29. The third-order valence-electron chi connectivity index (χ3n) is 0.841. The maximum absolute atomic E-state index is 10.5. The Labute approximate surface area is 46.6 Å². The Morgan fingerprint density at radius 2 is 2.62 bits per heavy atom. The minimum Gasteiger partial charge on any atom is -0.302 e. The molecule has 0 aliphatic heterocycles.